The molecule has 0 radical (unpaired) electrons. The Morgan fingerprint density at radius 3 is 2.10 bits per heavy atom. The molecule has 0 spiro atoms. The van der Waals surface area contributed by atoms with E-state index in [2.05, 4.69) is 21.3 Å². The number of hydrogen-bond acceptors (Lipinski definition) is 10. The number of hydrogen-bond donors (Lipinski definition) is 10. The number of amides is 3. The number of aromatic hydroxyl groups is 2. The minimum atomic E-state index is -1.06. The van der Waals surface area contributed by atoms with Gasteiger partial charge in [-0.1, -0.05) is 12.1 Å². The zero-order valence-electron chi connectivity index (χ0n) is 23.8. The Bertz CT molecular complexity index is 1220. The van der Waals surface area contributed by atoms with E-state index in [9.17, 15) is 24.6 Å². The van der Waals surface area contributed by atoms with E-state index in [4.69, 9.17) is 22.9 Å². The zero-order valence-corrected chi connectivity index (χ0v) is 23.8. The zero-order chi connectivity index (χ0) is 30.6. The van der Waals surface area contributed by atoms with Crippen molar-refractivity contribution in [2.45, 2.75) is 56.3 Å². The SMILES string of the molecule is NCCC[C@@H]1NC(=O)[C@@H](N)Cc2cc(ccc2O)-c2ccc(O)c(c2)C[C@@H](C(=O)NCCCNC(CN)CN)NC1=O. The van der Waals surface area contributed by atoms with Crippen LogP contribution in [0, 0.1) is 0 Å². The van der Waals surface area contributed by atoms with Crippen molar-refractivity contribution >= 4 is 17.7 Å². The van der Waals surface area contributed by atoms with Crippen LogP contribution in [0.3, 0.4) is 0 Å². The largest absolute Gasteiger partial charge is 0.508 e. The summed E-state index contributed by atoms with van der Waals surface area (Å²) in [5, 5.41) is 32.6. The minimum Gasteiger partial charge on any atom is -0.508 e. The molecule has 3 rings (SSSR count). The van der Waals surface area contributed by atoms with E-state index in [0.717, 1.165) is 5.56 Å². The maximum Gasteiger partial charge on any atom is 0.243 e. The van der Waals surface area contributed by atoms with Crippen LogP contribution in [0.25, 0.3) is 11.1 Å². The van der Waals surface area contributed by atoms with Crippen LogP contribution < -0.4 is 44.2 Å². The van der Waals surface area contributed by atoms with Gasteiger partial charge in [0.05, 0.1) is 6.04 Å². The molecule has 13 nitrogen and oxygen atoms in total. The van der Waals surface area contributed by atoms with Gasteiger partial charge in [0, 0.05) is 38.5 Å². The average molecular weight is 585 g/mol. The van der Waals surface area contributed by atoms with Crippen molar-refractivity contribution in [1.29, 1.82) is 0 Å². The molecule has 1 aliphatic heterocycles. The number of fused-ring (bicyclic) bond motifs is 5. The van der Waals surface area contributed by atoms with Gasteiger partial charge in [-0.15, -0.1) is 0 Å². The molecule has 14 N–H and O–H groups in total. The Morgan fingerprint density at radius 1 is 0.881 bits per heavy atom. The predicted molar refractivity (Wildman–Crippen MR) is 160 cm³/mol. The lowest BCUT2D eigenvalue weighted by molar-refractivity contribution is -0.132. The lowest BCUT2D eigenvalue weighted by atomic mass is 9.95. The van der Waals surface area contributed by atoms with E-state index in [1.807, 2.05) is 0 Å². The first kappa shape index (κ1) is 32.8. The van der Waals surface area contributed by atoms with Gasteiger partial charge >= 0.3 is 0 Å². The highest BCUT2D eigenvalue weighted by atomic mass is 16.3. The number of benzene rings is 2. The normalized spacial score (nSPS) is 19.4. The van der Waals surface area contributed by atoms with Gasteiger partial charge in [-0.05, 0) is 78.9 Å². The molecular formula is C29H44N8O5. The highest BCUT2D eigenvalue weighted by Gasteiger charge is 2.29. The van der Waals surface area contributed by atoms with Gasteiger partial charge in [-0.3, -0.25) is 14.4 Å². The number of carbonyl (C=O) groups excluding carboxylic acids is 3. The van der Waals surface area contributed by atoms with E-state index >= 15 is 0 Å². The molecule has 0 fully saturated rings. The summed E-state index contributed by atoms with van der Waals surface area (Å²) < 4.78 is 0. The summed E-state index contributed by atoms with van der Waals surface area (Å²) in [6.07, 6.45) is 1.28. The number of rotatable bonds is 11. The van der Waals surface area contributed by atoms with Gasteiger partial charge in [0.2, 0.25) is 17.7 Å². The van der Waals surface area contributed by atoms with Crippen molar-refractivity contribution in [3.63, 3.8) is 0 Å². The fraction of sp³-hybridized carbons (Fsp3) is 0.483. The maximum atomic E-state index is 13.4. The summed E-state index contributed by atoms with van der Waals surface area (Å²) in [7, 11) is 0. The highest BCUT2D eigenvalue weighted by Crippen LogP contribution is 2.30. The first-order valence-corrected chi connectivity index (χ1v) is 14.3. The Balaban J connectivity index is 1.92. The van der Waals surface area contributed by atoms with Crippen LogP contribution in [0.4, 0.5) is 0 Å². The van der Waals surface area contributed by atoms with Gasteiger partial charge in [0.15, 0.2) is 0 Å². The monoisotopic (exact) mass is 584 g/mol. The number of phenolic OH excluding ortho intramolecular Hbond substituents is 2. The molecule has 0 saturated carbocycles. The van der Waals surface area contributed by atoms with E-state index in [1.54, 1.807) is 24.3 Å². The van der Waals surface area contributed by atoms with Gasteiger partial charge in [-0.2, -0.15) is 0 Å². The molecule has 13 heteroatoms. The first-order chi connectivity index (χ1) is 20.2. The molecule has 0 unspecified atom stereocenters. The van der Waals surface area contributed by atoms with Crippen LogP contribution in [-0.4, -0.2) is 84.8 Å². The van der Waals surface area contributed by atoms with Crippen molar-refractivity contribution in [2.24, 2.45) is 22.9 Å². The number of nitrogens with one attached hydrogen (secondary N) is 4. The molecule has 1 heterocycles. The summed E-state index contributed by atoms with van der Waals surface area (Å²) in [4.78, 5) is 39.8. The summed E-state index contributed by atoms with van der Waals surface area (Å²) >= 11 is 0. The third kappa shape index (κ3) is 9.13. The molecule has 230 valence electrons. The van der Waals surface area contributed by atoms with Gasteiger partial charge in [0.1, 0.15) is 23.6 Å². The number of nitrogens with two attached hydrogens (primary N) is 4. The fourth-order valence-electron chi connectivity index (χ4n) is 4.75. The number of phenols is 2. The van der Waals surface area contributed by atoms with Gasteiger partial charge < -0.3 is 54.4 Å². The second-order valence-electron chi connectivity index (χ2n) is 10.5. The third-order valence-corrected chi connectivity index (χ3v) is 7.31. The molecule has 1 aliphatic rings. The average Bonchev–Trinajstić information content (AvgIpc) is 2.98. The second kappa shape index (κ2) is 16.0. The maximum absolute atomic E-state index is 13.4. The van der Waals surface area contributed by atoms with Crippen molar-refractivity contribution < 1.29 is 24.6 Å². The minimum absolute atomic E-state index is 0.0140. The molecule has 2 aromatic rings. The first-order valence-electron chi connectivity index (χ1n) is 14.3. The van der Waals surface area contributed by atoms with Crippen LogP contribution in [0.2, 0.25) is 0 Å². The van der Waals surface area contributed by atoms with E-state index < -0.39 is 35.8 Å². The van der Waals surface area contributed by atoms with Crippen molar-refractivity contribution in [3.05, 3.63) is 47.5 Å². The molecule has 42 heavy (non-hydrogen) atoms. The predicted octanol–water partition coefficient (Wildman–Crippen LogP) is -1.72. The molecular weight excluding hydrogens is 540 g/mol. The van der Waals surface area contributed by atoms with Crippen molar-refractivity contribution in [2.75, 3.05) is 32.7 Å². The lowest BCUT2D eigenvalue weighted by Crippen LogP contribution is -2.56. The van der Waals surface area contributed by atoms with Crippen molar-refractivity contribution in [1.82, 2.24) is 21.3 Å². The second-order valence-corrected chi connectivity index (χ2v) is 10.5. The summed E-state index contributed by atoms with van der Waals surface area (Å²) in [6.45, 7) is 2.00. The standard InChI is InChI=1S/C29H44N8O5/c30-8-1-3-23-29(42)37-24(28(41)35-10-2-9-34-21(15-31)16-32)14-20-12-18(5-7-26(20)39)17-4-6-25(38)19(11-17)13-22(33)27(40)36-23/h4-7,11-12,21-24,34,38-39H,1-3,8-10,13-16,30-33H2,(H,35,41)(H,36,40)(H,37,42)/t22-,23-,24-/m0/s1. The Kier molecular flexibility index (Phi) is 12.5. The summed E-state index contributed by atoms with van der Waals surface area (Å²) in [5.74, 6) is -1.65. The quantitative estimate of drug-likeness (QED) is 0.134. The number of carbonyl (C=O) groups is 3. The summed E-state index contributed by atoms with van der Waals surface area (Å²) in [6, 6.07) is 6.79. The molecule has 3 amide bonds. The van der Waals surface area contributed by atoms with Gasteiger partial charge in [0.25, 0.3) is 0 Å². The molecule has 2 aromatic carbocycles. The topological polar surface area (TPSA) is 244 Å². The van der Waals surface area contributed by atoms with E-state index in [0.29, 0.717) is 62.3 Å². The van der Waals surface area contributed by atoms with E-state index in [-0.39, 0.29) is 36.8 Å². The Morgan fingerprint density at radius 2 is 1.50 bits per heavy atom. The third-order valence-electron chi connectivity index (χ3n) is 7.31. The summed E-state index contributed by atoms with van der Waals surface area (Å²) in [5.41, 5.74) is 25.5. The van der Waals surface area contributed by atoms with Crippen molar-refractivity contribution in [3.8, 4) is 22.6 Å². The van der Waals surface area contributed by atoms with Crippen LogP contribution >= 0.6 is 0 Å². The lowest BCUT2D eigenvalue weighted by Gasteiger charge is -2.24. The Labute approximate surface area is 245 Å². The van der Waals surface area contributed by atoms with Crippen LogP contribution in [0.5, 0.6) is 11.5 Å². The fourth-order valence-corrected chi connectivity index (χ4v) is 4.75. The van der Waals surface area contributed by atoms with Crippen LogP contribution in [0.1, 0.15) is 30.4 Å². The molecule has 3 atom stereocenters. The molecule has 0 aromatic heterocycles. The Hall–Kier alpha value is -3.75. The molecule has 0 saturated heterocycles. The molecule has 4 bridgehead atoms. The highest BCUT2D eigenvalue weighted by molar-refractivity contribution is 5.93. The van der Waals surface area contributed by atoms with Gasteiger partial charge in [-0.25, -0.2) is 0 Å². The van der Waals surface area contributed by atoms with Crippen LogP contribution in [-0.2, 0) is 27.2 Å². The smallest absolute Gasteiger partial charge is 0.243 e. The van der Waals surface area contributed by atoms with E-state index in [1.165, 1.54) is 12.1 Å². The van der Waals surface area contributed by atoms with Crippen LogP contribution in [0.15, 0.2) is 36.4 Å². The molecule has 0 aliphatic carbocycles.